The molecule has 3 aromatic rings. The maximum Gasteiger partial charge on any atom is 0.270 e. The SMILES string of the molecule is Cc1ocnc1-c1nnc(-c2ccc(Br)cc2Cl)o1. The molecule has 0 amide bonds. The van der Waals surface area contributed by atoms with Crippen LogP contribution in [0.4, 0.5) is 0 Å². The van der Waals surface area contributed by atoms with E-state index in [9.17, 15) is 0 Å². The van der Waals surface area contributed by atoms with Crippen LogP contribution in [0.15, 0.2) is 37.9 Å². The quantitative estimate of drug-likeness (QED) is 0.702. The number of aryl methyl sites for hydroxylation is 1. The smallest absolute Gasteiger partial charge is 0.270 e. The second-order valence-corrected chi connectivity index (χ2v) is 5.12. The fourth-order valence-corrected chi connectivity index (χ4v) is 2.36. The van der Waals surface area contributed by atoms with E-state index in [1.165, 1.54) is 6.39 Å². The molecule has 0 radical (unpaired) electrons. The summed E-state index contributed by atoms with van der Waals surface area (Å²) >= 11 is 9.48. The van der Waals surface area contributed by atoms with Crippen molar-refractivity contribution in [2.45, 2.75) is 6.92 Å². The van der Waals surface area contributed by atoms with E-state index in [4.69, 9.17) is 20.4 Å². The zero-order valence-electron chi connectivity index (χ0n) is 9.72. The highest BCUT2D eigenvalue weighted by Gasteiger charge is 2.17. The van der Waals surface area contributed by atoms with Crippen LogP contribution >= 0.6 is 27.5 Å². The minimum absolute atomic E-state index is 0.306. The van der Waals surface area contributed by atoms with Crippen LogP contribution in [0.25, 0.3) is 23.0 Å². The third kappa shape index (κ3) is 2.29. The third-order valence-electron chi connectivity index (χ3n) is 2.53. The zero-order chi connectivity index (χ0) is 13.4. The first-order valence-corrected chi connectivity index (χ1v) is 6.51. The molecule has 0 atom stereocenters. The predicted octanol–water partition coefficient (Wildman–Crippen LogP) is 4.12. The van der Waals surface area contributed by atoms with Crippen molar-refractivity contribution in [2.75, 3.05) is 0 Å². The van der Waals surface area contributed by atoms with E-state index in [1.807, 2.05) is 6.07 Å². The van der Waals surface area contributed by atoms with Crippen molar-refractivity contribution >= 4 is 27.5 Å². The van der Waals surface area contributed by atoms with E-state index in [1.54, 1.807) is 19.1 Å². The molecule has 1 aromatic carbocycles. The molecule has 0 aliphatic rings. The second-order valence-electron chi connectivity index (χ2n) is 3.79. The number of aromatic nitrogens is 3. The first-order chi connectivity index (χ1) is 9.15. The van der Waals surface area contributed by atoms with E-state index in [0.717, 1.165) is 4.47 Å². The minimum Gasteiger partial charge on any atom is -0.448 e. The lowest BCUT2D eigenvalue weighted by molar-refractivity contribution is 0.525. The van der Waals surface area contributed by atoms with E-state index in [-0.39, 0.29) is 0 Å². The van der Waals surface area contributed by atoms with Gasteiger partial charge < -0.3 is 8.83 Å². The molecule has 0 saturated carbocycles. The predicted molar refractivity (Wildman–Crippen MR) is 72.7 cm³/mol. The van der Waals surface area contributed by atoms with E-state index < -0.39 is 0 Å². The van der Waals surface area contributed by atoms with Gasteiger partial charge in [-0.05, 0) is 25.1 Å². The number of halogens is 2. The van der Waals surface area contributed by atoms with Gasteiger partial charge in [0.25, 0.3) is 5.89 Å². The first kappa shape index (κ1) is 12.4. The van der Waals surface area contributed by atoms with Gasteiger partial charge >= 0.3 is 0 Å². The third-order valence-corrected chi connectivity index (χ3v) is 3.34. The molecule has 0 bridgehead atoms. The highest BCUT2D eigenvalue weighted by atomic mass is 79.9. The van der Waals surface area contributed by atoms with Gasteiger partial charge in [0.1, 0.15) is 5.76 Å². The van der Waals surface area contributed by atoms with Crippen LogP contribution < -0.4 is 0 Å². The zero-order valence-corrected chi connectivity index (χ0v) is 12.1. The standard InChI is InChI=1S/C12H7BrClN3O2/c1-6-10(15-5-18-6)12-17-16-11(19-12)8-3-2-7(13)4-9(8)14/h2-5H,1H3. The Labute approximate surface area is 121 Å². The van der Waals surface area contributed by atoms with Crippen LogP contribution in [0.1, 0.15) is 5.76 Å². The summed E-state index contributed by atoms with van der Waals surface area (Å²) in [7, 11) is 0. The van der Waals surface area contributed by atoms with E-state index in [2.05, 4.69) is 31.1 Å². The van der Waals surface area contributed by atoms with Crippen molar-refractivity contribution in [3.63, 3.8) is 0 Å². The molecule has 0 saturated heterocycles. The molecule has 3 rings (SSSR count). The molecule has 0 spiro atoms. The van der Waals surface area contributed by atoms with Gasteiger partial charge in [0.05, 0.1) is 10.6 Å². The summed E-state index contributed by atoms with van der Waals surface area (Å²) in [6, 6.07) is 5.42. The molecule has 96 valence electrons. The Morgan fingerprint density at radius 2 is 2.00 bits per heavy atom. The van der Waals surface area contributed by atoms with Crippen molar-refractivity contribution in [3.05, 3.63) is 39.8 Å². The molecular weight excluding hydrogens is 334 g/mol. The largest absolute Gasteiger partial charge is 0.448 e. The summed E-state index contributed by atoms with van der Waals surface area (Å²) in [6.07, 6.45) is 1.33. The normalized spacial score (nSPS) is 10.9. The average Bonchev–Trinajstić information content (AvgIpc) is 2.97. The molecule has 0 aliphatic carbocycles. The van der Waals surface area contributed by atoms with Crippen molar-refractivity contribution in [1.82, 2.24) is 15.2 Å². The molecule has 19 heavy (non-hydrogen) atoms. The Bertz CT molecular complexity index is 738. The fraction of sp³-hybridized carbons (Fsp3) is 0.0833. The molecule has 2 heterocycles. The Morgan fingerprint density at radius 1 is 1.21 bits per heavy atom. The second kappa shape index (κ2) is 4.79. The Kier molecular flexibility index (Phi) is 3.12. The maximum absolute atomic E-state index is 6.14. The minimum atomic E-state index is 0.306. The van der Waals surface area contributed by atoms with Gasteiger partial charge in [-0.15, -0.1) is 10.2 Å². The van der Waals surface area contributed by atoms with Crippen LogP contribution in [0.3, 0.4) is 0 Å². The highest BCUT2D eigenvalue weighted by Crippen LogP contribution is 2.31. The number of hydrogen-bond donors (Lipinski definition) is 0. The van der Waals surface area contributed by atoms with Crippen molar-refractivity contribution in [3.8, 4) is 23.0 Å². The Balaban J connectivity index is 2.04. The van der Waals surface area contributed by atoms with Crippen LogP contribution in [0.2, 0.25) is 5.02 Å². The maximum atomic E-state index is 6.14. The van der Waals surface area contributed by atoms with Crippen LogP contribution in [0.5, 0.6) is 0 Å². The summed E-state index contributed by atoms with van der Waals surface area (Å²) in [4.78, 5) is 4.03. The van der Waals surface area contributed by atoms with Gasteiger partial charge in [-0.1, -0.05) is 27.5 Å². The lowest BCUT2D eigenvalue weighted by Gasteiger charge is -1.98. The number of rotatable bonds is 2. The van der Waals surface area contributed by atoms with Gasteiger partial charge in [-0.25, -0.2) is 4.98 Å². The number of nitrogens with zero attached hydrogens (tertiary/aromatic N) is 3. The lowest BCUT2D eigenvalue weighted by Crippen LogP contribution is -1.80. The lowest BCUT2D eigenvalue weighted by atomic mass is 10.2. The van der Waals surface area contributed by atoms with Crippen LogP contribution in [0, 0.1) is 6.92 Å². The van der Waals surface area contributed by atoms with Crippen molar-refractivity contribution in [1.29, 1.82) is 0 Å². The Hall–Kier alpha value is -1.66. The van der Waals surface area contributed by atoms with Gasteiger partial charge in [-0.2, -0.15) is 0 Å². The molecule has 2 aromatic heterocycles. The summed E-state index contributed by atoms with van der Waals surface area (Å²) in [5, 5.41) is 8.45. The number of oxazole rings is 1. The molecule has 7 heteroatoms. The molecule has 5 nitrogen and oxygen atoms in total. The molecular formula is C12H7BrClN3O2. The van der Waals surface area contributed by atoms with Crippen molar-refractivity contribution < 1.29 is 8.83 Å². The summed E-state index contributed by atoms with van der Waals surface area (Å²) in [5.74, 6) is 1.27. The van der Waals surface area contributed by atoms with E-state index in [0.29, 0.717) is 33.8 Å². The molecule has 0 N–H and O–H groups in total. The topological polar surface area (TPSA) is 65.0 Å². The molecule has 0 unspecified atom stereocenters. The van der Waals surface area contributed by atoms with Crippen molar-refractivity contribution in [2.24, 2.45) is 0 Å². The van der Waals surface area contributed by atoms with Gasteiger partial charge in [0.15, 0.2) is 12.1 Å². The van der Waals surface area contributed by atoms with Gasteiger partial charge in [0.2, 0.25) is 5.89 Å². The molecule has 0 fully saturated rings. The Morgan fingerprint density at radius 3 is 2.68 bits per heavy atom. The fourth-order valence-electron chi connectivity index (χ4n) is 1.60. The van der Waals surface area contributed by atoms with Gasteiger partial charge in [-0.3, -0.25) is 0 Å². The highest BCUT2D eigenvalue weighted by molar-refractivity contribution is 9.10. The van der Waals surface area contributed by atoms with E-state index >= 15 is 0 Å². The monoisotopic (exact) mass is 339 g/mol. The van der Waals surface area contributed by atoms with Crippen LogP contribution in [-0.4, -0.2) is 15.2 Å². The summed E-state index contributed by atoms with van der Waals surface area (Å²) in [6.45, 7) is 1.78. The number of benzene rings is 1. The molecule has 0 aliphatic heterocycles. The summed E-state index contributed by atoms with van der Waals surface area (Å²) in [5.41, 5.74) is 1.21. The first-order valence-electron chi connectivity index (χ1n) is 5.34. The summed E-state index contributed by atoms with van der Waals surface area (Å²) < 4.78 is 11.6. The van der Waals surface area contributed by atoms with Crippen LogP contribution in [-0.2, 0) is 0 Å². The van der Waals surface area contributed by atoms with Gasteiger partial charge in [0, 0.05) is 4.47 Å². The average molecular weight is 341 g/mol. The number of hydrogen-bond acceptors (Lipinski definition) is 5.